The minimum absolute atomic E-state index is 0.0222. The zero-order valence-electron chi connectivity index (χ0n) is 14.6. The van der Waals surface area contributed by atoms with Gasteiger partial charge in [0.05, 0.1) is 4.88 Å². The van der Waals surface area contributed by atoms with E-state index in [4.69, 9.17) is 0 Å². The highest BCUT2D eigenvalue weighted by Crippen LogP contribution is 2.20. The highest BCUT2D eigenvalue weighted by atomic mass is 32.2. The molecule has 9 heteroatoms. The van der Waals surface area contributed by atoms with E-state index in [1.165, 1.54) is 21.8 Å². The molecule has 0 unspecified atom stereocenters. The number of rotatable bonds is 3. The number of hydrogen-bond donors (Lipinski definition) is 0. The summed E-state index contributed by atoms with van der Waals surface area (Å²) in [6.07, 6.45) is 2.15. The van der Waals surface area contributed by atoms with Crippen molar-refractivity contribution < 1.29 is 13.2 Å². The molecule has 0 saturated carbocycles. The van der Waals surface area contributed by atoms with Crippen LogP contribution in [0.15, 0.2) is 22.7 Å². The van der Waals surface area contributed by atoms with Gasteiger partial charge in [0, 0.05) is 39.4 Å². The number of thiophene rings is 1. The second-order valence-corrected chi connectivity index (χ2v) is 9.07. The Morgan fingerprint density at radius 1 is 1.20 bits per heavy atom. The van der Waals surface area contributed by atoms with Crippen molar-refractivity contribution in [2.75, 3.05) is 26.2 Å². The first-order chi connectivity index (χ1) is 11.8. The molecule has 0 N–H and O–H groups in total. The molecule has 0 radical (unpaired) electrons. The average Bonchev–Trinajstić information content (AvgIpc) is 3.04. The van der Waals surface area contributed by atoms with Crippen molar-refractivity contribution in [3.05, 3.63) is 33.9 Å². The van der Waals surface area contributed by atoms with Crippen molar-refractivity contribution in [2.45, 2.75) is 25.3 Å². The van der Waals surface area contributed by atoms with Gasteiger partial charge in [-0.3, -0.25) is 4.79 Å². The van der Waals surface area contributed by atoms with E-state index >= 15 is 0 Å². The van der Waals surface area contributed by atoms with Crippen molar-refractivity contribution in [1.82, 2.24) is 18.8 Å². The predicted molar refractivity (Wildman–Crippen MR) is 96.3 cm³/mol. The van der Waals surface area contributed by atoms with E-state index in [0.717, 1.165) is 5.56 Å². The number of amides is 1. The van der Waals surface area contributed by atoms with Gasteiger partial charge in [-0.15, -0.1) is 11.3 Å². The van der Waals surface area contributed by atoms with Crippen molar-refractivity contribution in [1.29, 1.82) is 0 Å². The van der Waals surface area contributed by atoms with E-state index in [0.29, 0.717) is 36.8 Å². The molecule has 136 valence electrons. The van der Waals surface area contributed by atoms with Gasteiger partial charge < -0.3 is 9.47 Å². The van der Waals surface area contributed by atoms with Gasteiger partial charge in [0.15, 0.2) is 5.03 Å². The molecule has 25 heavy (non-hydrogen) atoms. The van der Waals surface area contributed by atoms with Crippen LogP contribution in [-0.2, 0) is 17.1 Å². The Hall–Kier alpha value is -1.71. The fourth-order valence-corrected chi connectivity index (χ4v) is 5.18. The van der Waals surface area contributed by atoms with Crippen molar-refractivity contribution in [3.8, 4) is 0 Å². The maximum atomic E-state index is 12.8. The zero-order chi connectivity index (χ0) is 18.2. The lowest BCUT2D eigenvalue weighted by molar-refractivity contribution is 0.0769. The van der Waals surface area contributed by atoms with Gasteiger partial charge >= 0.3 is 0 Å². The normalized spacial score (nSPS) is 16.8. The number of carbonyl (C=O) groups excluding carboxylic acids is 1. The topological polar surface area (TPSA) is 75.5 Å². The summed E-state index contributed by atoms with van der Waals surface area (Å²) in [5.74, 6) is 0.629. The number of imidazole rings is 1. The Balaban J connectivity index is 1.74. The Morgan fingerprint density at radius 2 is 1.96 bits per heavy atom. The van der Waals surface area contributed by atoms with Crippen molar-refractivity contribution in [3.63, 3.8) is 0 Å². The molecule has 1 aliphatic heterocycles. The van der Waals surface area contributed by atoms with Crippen LogP contribution >= 0.6 is 11.3 Å². The number of hydrogen-bond acceptors (Lipinski definition) is 5. The fraction of sp³-hybridized carbons (Fsp3) is 0.500. The smallest absolute Gasteiger partial charge is 0.263 e. The molecule has 7 nitrogen and oxygen atoms in total. The van der Waals surface area contributed by atoms with Crippen LogP contribution in [0.1, 0.15) is 27.5 Å². The Bertz CT molecular complexity index is 866. The van der Waals surface area contributed by atoms with Crippen LogP contribution < -0.4 is 0 Å². The lowest BCUT2D eigenvalue weighted by atomic mass is 10.3. The fourth-order valence-electron chi connectivity index (χ4n) is 2.82. The minimum atomic E-state index is -3.63. The quantitative estimate of drug-likeness (QED) is 0.809. The van der Waals surface area contributed by atoms with E-state index < -0.39 is 10.0 Å². The second-order valence-electron chi connectivity index (χ2n) is 6.28. The second kappa shape index (κ2) is 6.89. The molecule has 3 rings (SSSR count). The van der Waals surface area contributed by atoms with Gasteiger partial charge in [-0.25, -0.2) is 13.4 Å². The lowest BCUT2D eigenvalue weighted by Crippen LogP contribution is -2.37. The summed E-state index contributed by atoms with van der Waals surface area (Å²) < 4.78 is 28.7. The van der Waals surface area contributed by atoms with Crippen LogP contribution in [0.2, 0.25) is 0 Å². The monoisotopic (exact) mass is 382 g/mol. The summed E-state index contributed by atoms with van der Waals surface area (Å²) in [5, 5.41) is 2.02. The molecule has 2 aromatic heterocycles. The molecule has 3 heterocycles. The van der Waals surface area contributed by atoms with E-state index in [9.17, 15) is 13.2 Å². The minimum Gasteiger partial charge on any atom is -0.337 e. The number of nitrogens with zero attached hydrogens (tertiary/aromatic N) is 4. The Morgan fingerprint density at radius 3 is 2.56 bits per heavy atom. The van der Waals surface area contributed by atoms with Gasteiger partial charge in [0.1, 0.15) is 5.82 Å². The molecule has 0 bridgehead atoms. The first kappa shape index (κ1) is 18.1. The van der Waals surface area contributed by atoms with E-state index in [1.54, 1.807) is 23.4 Å². The summed E-state index contributed by atoms with van der Waals surface area (Å²) in [7, 11) is -1.86. The Labute approximate surface area is 151 Å². The van der Waals surface area contributed by atoms with E-state index in [1.807, 2.05) is 18.4 Å². The molecule has 1 aliphatic rings. The van der Waals surface area contributed by atoms with Crippen molar-refractivity contribution >= 4 is 27.3 Å². The third-order valence-corrected chi connectivity index (χ3v) is 7.18. The molecule has 1 amide bonds. The molecule has 2 aromatic rings. The Kier molecular flexibility index (Phi) is 4.99. The summed E-state index contributed by atoms with van der Waals surface area (Å²) >= 11 is 1.43. The third kappa shape index (κ3) is 3.63. The van der Waals surface area contributed by atoms with Gasteiger partial charge in [0.2, 0.25) is 0 Å². The third-order valence-electron chi connectivity index (χ3n) is 4.37. The van der Waals surface area contributed by atoms with E-state index in [-0.39, 0.29) is 17.5 Å². The molecule has 0 spiro atoms. The van der Waals surface area contributed by atoms with Gasteiger partial charge in [-0.2, -0.15) is 4.31 Å². The SMILES string of the molecule is Cc1csc(C(=O)N2CCCN(S(=O)(=O)c3cn(C)c(C)n3)CC2)c1. The van der Waals surface area contributed by atoms with Gasteiger partial charge in [0.25, 0.3) is 15.9 Å². The molecule has 1 saturated heterocycles. The average molecular weight is 383 g/mol. The first-order valence-corrected chi connectivity index (χ1v) is 10.5. The van der Waals surface area contributed by atoms with Crippen LogP contribution in [0.25, 0.3) is 0 Å². The first-order valence-electron chi connectivity index (χ1n) is 8.13. The number of aromatic nitrogens is 2. The van der Waals surface area contributed by atoms with Crippen LogP contribution in [0.5, 0.6) is 0 Å². The summed E-state index contributed by atoms with van der Waals surface area (Å²) in [5.41, 5.74) is 1.07. The molecule has 0 aliphatic carbocycles. The van der Waals surface area contributed by atoms with Gasteiger partial charge in [-0.05, 0) is 37.3 Å². The van der Waals surface area contributed by atoms with Crippen LogP contribution in [0.4, 0.5) is 0 Å². The molecule has 0 atom stereocenters. The standard InChI is InChI=1S/C16H22N4O3S2/c1-12-9-14(24-11-12)16(21)19-5-4-6-20(8-7-19)25(22,23)15-10-18(3)13(2)17-15/h9-11H,4-8H2,1-3H3. The summed E-state index contributed by atoms with van der Waals surface area (Å²) in [6, 6.07) is 1.88. The van der Waals surface area contributed by atoms with E-state index in [2.05, 4.69) is 4.98 Å². The summed E-state index contributed by atoms with van der Waals surface area (Å²) in [6.45, 7) is 5.35. The van der Waals surface area contributed by atoms with Crippen LogP contribution in [0.3, 0.4) is 0 Å². The van der Waals surface area contributed by atoms with Crippen molar-refractivity contribution in [2.24, 2.45) is 7.05 Å². The molecular formula is C16H22N4O3S2. The maximum absolute atomic E-state index is 12.8. The highest BCUT2D eigenvalue weighted by Gasteiger charge is 2.30. The number of aryl methyl sites for hydroxylation is 3. The van der Waals surface area contributed by atoms with Gasteiger partial charge in [-0.1, -0.05) is 0 Å². The molecule has 1 fully saturated rings. The molecular weight excluding hydrogens is 360 g/mol. The maximum Gasteiger partial charge on any atom is 0.263 e. The largest absolute Gasteiger partial charge is 0.337 e. The van der Waals surface area contributed by atoms with Crippen LogP contribution in [0, 0.1) is 13.8 Å². The predicted octanol–water partition coefficient (Wildman–Crippen LogP) is 1.64. The lowest BCUT2D eigenvalue weighted by Gasteiger charge is -2.20. The molecule has 0 aromatic carbocycles. The summed E-state index contributed by atoms with van der Waals surface area (Å²) in [4.78, 5) is 19.2. The van der Waals surface area contributed by atoms with Crippen LogP contribution in [-0.4, -0.2) is 59.3 Å². The highest BCUT2D eigenvalue weighted by molar-refractivity contribution is 7.89. The number of carbonyl (C=O) groups is 1. The number of sulfonamides is 1. The zero-order valence-corrected chi connectivity index (χ0v) is 16.2.